The Labute approximate surface area is 120 Å². The summed E-state index contributed by atoms with van der Waals surface area (Å²) in [5, 5.41) is 12.7. The lowest BCUT2D eigenvalue weighted by molar-refractivity contribution is -0.126. The molecule has 0 saturated heterocycles. The molecule has 1 atom stereocenters. The van der Waals surface area contributed by atoms with E-state index in [1.807, 2.05) is 0 Å². The van der Waals surface area contributed by atoms with Gasteiger partial charge < -0.3 is 14.8 Å². The van der Waals surface area contributed by atoms with Crippen LogP contribution in [0.15, 0.2) is 22.8 Å². The van der Waals surface area contributed by atoms with Crippen LogP contribution in [0.5, 0.6) is 0 Å². The smallest absolute Gasteiger partial charge is 0.223 e. The summed E-state index contributed by atoms with van der Waals surface area (Å²) in [6.07, 6.45) is 4.96. The number of carbonyl (C=O) groups is 1. The van der Waals surface area contributed by atoms with E-state index in [4.69, 9.17) is 4.42 Å². The Morgan fingerprint density at radius 1 is 1.40 bits per heavy atom. The molecule has 0 aliphatic heterocycles. The summed E-state index contributed by atoms with van der Waals surface area (Å²) in [4.78, 5) is 12.1. The van der Waals surface area contributed by atoms with Crippen LogP contribution in [0, 0.1) is 17.8 Å². The highest BCUT2D eigenvalue weighted by Crippen LogP contribution is 2.33. The number of furan rings is 1. The highest BCUT2D eigenvalue weighted by atomic mass is 16.4. The molecule has 112 valence electrons. The van der Waals surface area contributed by atoms with Gasteiger partial charge in [0.25, 0.3) is 0 Å². The minimum atomic E-state index is -0.763. The molecule has 4 heteroatoms. The fraction of sp³-hybridized carbons (Fsp3) is 0.688. The fourth-order valence-corrected chi connectivity index (χ4v) is 2.97. The van der Waals surface area contributed by atoms with Crippen molar-refractivity contribution in [2.75, 3.05) is 6.54 Å². The second kappa shape index (κ2) is 6.93. The van der Waals surface area contributed by atoms with Gasteiger partial charge in [0, 0.05) is 5.92 Å². The summed E-state index contributed by atoms with van der Waals surface area (Å²) >= 11 is 0. The molecule has 0 radical (unpaired) electrons. The number of carbonyl (C=O) groups excluding carboxylic acids is 1. The highest BCUT2D eigenvalue weighted by Gasteiger charge is 2.27. The average molecular weight is 279 g/mol. The summed E-state index contributed by atoms with van der Waals surface area (Å²) in [7, 11) is 0. The maximum Gasteiger partial charge on any atom is 0.223 e. The van der Waals surface area contributed by atoms with E-state index >= 15 is 0 Å². The number of hydrogen-bond donors (Lipinski definition) is 2. The number of rotatable bonds is 5. The Morgan fingerprint density at radius 3 is 2.65 bits per heavy atom. The molecule has 1 amide bonds. The van der Waals surface area contributed by atoms with Crippen LogP contribution < -0.4 is 5.32 Å². The zero-order chi connectivity index (χ0) is 14.5. The van der Waals surface area contributed by atoms with E-state index in [2.05, 4.69) is 19.2 Å². The minimum Gasteiger partial charge on any atom is -0.467 e. The molecule has 1 aliphatic rings. The summed E-state index contributed by atoms with van der Waals surface area (Å²) in [6.45, 7) is 4.73. The Balaban J connectivity index is 1.73. The van der Waals surface area contributed by atoms with Crippen molar-refractivity contribution in [2.45, 2.75) is 45.6 Å². The lowest BCUT2D eigenvalue weighted by Crippen LogP contribution is -2.36. The van der Waals surface area contributed by atoms with E-state index in [0.717, 1.165) is 31.6 Å². The van der Waals surface area contributed by atoms with Crippen LogP contribution in [0.4, 0.5) is 0 Å². The van der Waals surface area contributed by atoms with E-state index in [1.165, 1.54) is 6.26 Å². The lowest BCUT2D eigenvalue weighted by Gasteiger charge is -2.30. The maximum absolute atomic E-state index is 12.1. The zero-order valence-electron chi connectivity index (χ0n) is 12.3. The quantitative estimate of drug-likeness (QED) is 0.871. The van der Waals surface area contributed by atoms with Gasteiger partial charge in [0.2, 0.25) is 5.91 Å². The van der Waals surface area contributed by atoms with Crippen molar-refractivity contribution in [3.05, 3.63) is 24.2 Å². The van der Waals surface area contributed by atoms with Crippen LogP contribution in [0.2, 0.25) is 0 Å². The topological polar surface area (TPSA) is 62.5 Å². The number of hydrogen-bond acceptors (Lipinski definition) is 3. The van der Waals surface area contributed by atoms with E-state index in [1.54, 1.807) is 12.1 Å². The molecule has 20 heavy (non-hydrogen) atoms. The van der Waals surface area contributed by atoms with Crippen LogP contribution in [0.1, 0.15) is 51.4 Å². The van der Waals surface area contributed by atoms with Crippen molar-refractivity contribution >= 4 is 5.91 Å². The number of nitrogens with one attached hydrogen (secondary N) is 1. The van der Waals surface area contributed by atoms with Gasteiger partial charge >= 0.3 is 0 Å². The monoisotopic (exact) mass is 279 g/mol. The van der Waals surface area contributed by atoms with Crippen LogP contribution >= 0.6 is 0 Å². The summed E-state index contributed by atoms with van der Waals surface area (Å²) < 4.78 is 5.11. The standard InChI is InChI=1S/C16H25NO3/c1-11(2)12-5-7-13(8-6-12)16(19)17-10-14(18)15-4-3-9-20-15/h3-4,9,11-14,18H,5-8,10H2,1-2H3,(H,17,19). The molecule has 2 rings (SSSR count). The number of amides is 1. The third-order valence-corrected chi connectivity index (χ3v) is 4.43. The molecule has 0 aromatic carbocycles. The summed E-state index contributed by atoms with van der Waals surface area (Å²) in [5.74, 6) is 2.13. The van der Waals surface area contributed by atoms with Gasteiger partial charge in [0.1, 0.15) is 11.9 Å². The first kappa shape index (κ1) is 15.1. The molecule has 1 saturated carbocycles. The molecule has 1 heterocycles. The SMILES string of the molecule is CC(C)C1CCC(C(=O)NCC(O)c2ccco2)CC1. The van der Waals surface area contributed by atoms with E-state index < -0.39 is 6.10 Å². The van der Waals surface area contributed by atoms with Gasteiger partial charge in [-0.2, -0.15) is 0 Å². The van der Waals surface area contributed by atoms with Crippen molar-refractivity contribution in [3.63, 3.8) is 0 Å². The van der Waals surface area contributed by atoms with E-state index in [9.17, 15) is 9.90 Å². The zero-order valence-corrected chi connectivity index (χ0v) is 12.3. The maximum atomic E-state index is 12.1. The second-order valence-electron chi connectivity index (χ2n) is 6.13. The first-order valence-corrected chi connectivity index (χ1v) is 7.57. The Morgan fingerprint density at radius 2 is 2.10 bits per heavy atom. The van der Waals surface area contributed by atoms with E-state index in [-0.39, 0.29) is 18.4 Å². The molecule has 4 nitrogen and oxygen atoms in total. The van der Waals surface area contributed by atoms with Crippen LogP contribution in [-0.4, -0.2) is 17.6 Å². The molecule has 1 unspecified atom stereocenters. The van der Waals surface area contributed by atoms with Gasteiger partial charge in [-0.3, -0.25) is 4.79 Å². The van der Waals surface area contributed by atoms with Crippen molar-refractivity contribution in [1.29, 1.82) is 0 Å². The molecule has 1 aliphatic carbocycles. The second-order valence-corrected chi connectivity index (χ2v) is 6.13. The van der Waals surface area contributed by atoms with Crippen molar-refractivity contribution in [3.8, 4) is 0 Å². The van der Waals surface area contributed by atoms with Crippen LogP contribution in [-0.2, 0) is 4.79 Å². The largest absolute Gasteiger partial charge is 0.467 e. The van der Waals surface area contributed by atoms with Gasteiger partial charge in [-0.1, -0.05) is 13.8 Å². The molecule has 1 fully saturated rings. The first-order valence-electron chi connectivity index (χ1n) is 7.57. The van der Waals surface area contributed by atoms with Gasteiger partial charge in [-0.25, -0.2) is 0 Å². The summed E-state index contributed by atoms with van der Waals surface area (Å²) in [5.41, 5.74) is 0. The Bertz CT molecular complexity index is 405. The molecule has 2 N–H and O–H groups in total. The van der Waals surface area contributed by atoms with Crippen LogP contribution in [0.3, 0.4) is 0 Å². The summed E-state index contributed by atoms with van der Waals surface area (Å²) in [6, 6.07) is 3.44. The minimum absolute atomic E-state index is 0.0674. The molecule has 1 aromatic heterocycles. The van der Waals surface area contributed by atoms with Crippen molar-refractivity contribution in [1.82, 2.24) is 5.32 Å². The third kappa shape index (κ3) is 3.85. The molecule has 1 aromatic rings. The fourth-order valence-electron chi connectivity index (χ4n) is 2.97. The Kier molecular flexibility index (Phi) is 5.24. The van der Waals surface area contributed by atoms with Gasteiger partial charge in [-0.15, -0.1) is 0 Å². The number of aliphatic hydroxyl groups excluding tert-OH is 1. The average Bonchev–Trinajstić information content (AvgIpc) is 2.98. The predicted octanol–water partition coefficient (Wildman–Crippen LogP) is 2.89. The van der Waals surface area contributed by atoms with Gasteiger partial charge in [0.05, 0.1) is 12.8 Å². The predicted molar refractivity (Wildman–Crippen MR) is 77.0 cm³/mol. The Hall–Kier alpha value is -1.29. The van der Waals surface area contributed by atoms with E-state index in [0.29, 0.717) is 11.7 Å². The first-order chi connectivity index (χ1) is 9.58. The number of aliphatic hydroxyl groups is 1. The van der Waals surface area contributed by atoms with Gasteiger partial charge in [-0.05, 0) is 49.7 Å². The van der Waals surface area contributed by atoms with Crippen LogP contribution in [0.25, 0.3) is 0 Å². The molecule has 0 spiro atoms. The van der Waals surface area contributed by atoms with Crippen molar-refractivity contribution < 1.29 is 14.3 Å². The normalized spacial score (nSPS) is 24.6. The lowest BCUT2D eigenvalue weighted by atomic mass is 9.77. The third-order valence-electron chi connectivity index (χ3n) is 4.43. The van der Waals surface area contributed by atoms with Crippen molar-refractivity contribution in [2.24, 2.45) is 17.8 Å². The van der Waals surface area contributed by atoms with Gasteiger partial charge in [0.15, 0.2) is 0 Å². The molecule has 0 bridgehead atoms. The molecular formula is C16H25NO3. The highest BCUT2D eigenvalue weighted by molar-refractivity contribution is 5.78. The molecular weight excluding hydrogens is 254 g/mol.